The van der Waals surface area contributed by atoms with Gasteiger partial charge in [-0.2, -0.15) is 0 Å². The van der Waals surface area contributed by atoms with E-state index in [1.807, 2.05) is 24.3 Å². The molecule has 1 aromatic rings. The Kier molecular flexibility index (Phi) is 8.55. The summed E-state index contributed by atoms with van der Waals surface area (Å²) in [5.41, 5.74) is 0.804. The highest BCUT2D eigenvalue weighted by Gasteiger charge is 2.12. The topological polar surface area (TPSA) is 57.8 Å². The van der Waals surface area contributed by atoms with Gasteiger partial charge < -0.3 is 14.8 Å². The van der Waals surface area contributed by atoms with Gasteiger partial charge in [0.15, 0.2) is 0 Å². The van der Waals surface area contributed by atoms with Crippen molar-refractivity contribution in [3.05, 3.63) is 41.3 Å². The molecule has 0 amide bonds. The Labute approximate surface area is 131 Å². The monoisotopic (exact) mass is 310 g/mol. The fraction of sp³-hybridized carbons (Fsp3) is 0.438. The first kappa shape index (κ1) is 17.5. The number of aliphatic hydroxyl groups excluding tert-OH is 1. The van der Waals surface area contributed by atoms with Crippen molar-refractivity contribution in [3.63, 3.8) is 0 Å². The molecule has 1 rings (SSSR count). The van der Waals surface area contributed by atoms with Crippen LogP contribution in [0.15, 0.2) is 45.0 Å². The first-order valence-electron chi connectivity index (χ1n) is 7.16. The smallest absolute Gasteiger partial charge is 0.137 e. The molecule has 4 nitrogen and oxygen atoms in total. The molecule has 0 unspecified atom stereocenters. The average molecular weight is 311 g/mol. The lowest BCUT2D eigenvalue weighted by Crippen LogP contribution is -2.26. The van der Waals surface area contributed by atoms with E-state index in [0.29, 0.717) is 29.6 Å². The van der Waals surface area contributed by atoms with Gasteiger partial charge in [0.25, 0.3) is 0 Å². The van der Waals surface area contributed by atoms with Crippen LogP contribution in [0.3, 0.4) is 0 Å². The first-order valence-corrected chi connectivity index (χ1v) is 7.53. The highest BCUT2D eigenvalue weighted by molar-refractivity contribution is 6.33. The molecule has 0 fully saturated rings. The number of amidine groups is 1. The molecule has 21 heavy (non-hydrogen) atoms. The van der Waals surface area contributed by atoms with Gasteiger partial charge in [-0.05, 0) is 31.1 Å². The van der Waals surface area contributed by atoms with Crippen LogP contribution in [0.1, 0.15) is 31.9 Å². The maximum Gasteiger partial charge on any atom is 0.137 e. The molecule has 0 spiro atoms. The Bertz CT molecular complexity index is 490. The van der Waals surface area contributed by atoms with Crippen molar-refractivity contribution in [2.75, 3.05) is 20.2 Å². The lowest BCUT2D eigenvalue weighted by atomic mass is 10.1. The predicted molar refractivity (Wildman–Crippen MR) is 88.6 cm³/mol. The predicted octanol–water partition coefficient (Wildman–Crippen LogP) is 3.59. The van der Waals surface area contributed by atoms with Crippen LogP contribution in [0.25, 0.3) is 5.57 Å². The fourth-order valence-corrected chi connectivity index (χ4v) is 1.97. The summed E-state index contributed by atoms with van der Waals surface area (Å²) in [5, 5.41) is 12.7. The number of nitrogens with zero attached hydrogens (tertiary/aromatic N) is 1. The molecule has 0 bridgehead atoms. The zero-order valence-electron chi connectivity index (χ0n) is 12.6. The maximum absolute atomic E-state index is 8.87. The molecule has 2 N–H and O–H groups in total. The highest BCUT2D eigenvalue weighted by atomic mass is 35.5. The number of hydrogen-bond donors (Lipinski definition) is 2. The van der Waals surface area contributed by atoms with Crippen LogP contribution < -0.4 is 5.32 Å². The third-order valence-corrected chi connectivity index (χ3v) is 3.07. The van der Waals surface area contributed by atoms with Gasteiger partial charge in [-0.15, -0.1) is 0 Å². The summed E-state index contributed by atoms with van der Waals surface area (Å²) in [4.78, 5) is 4.26. The van der Waals surface area contributed by atoms with Crippen molar-refractivity contribution in [2.45, 2.75) is 26.2 Å². The number of rotatable bonds is 8. The van der Waals surface area contributed by atoms with E-state index in [4.69, 9.17) is 21.1 Å². The standard InChI is InChI=1S/C16H23ClN2O2/c1-3-4-7-13(17)12-14(15-8-5-11-21-15)16(18-2)19-9-6-10-20/h5,7-8,11-12,20H,3-4,6,9-10H2,1-2H3,(H,18,19)/b13-7-,14-12-. The van der Waals surface area contributed by atoms with Gasteiger partial charge in [-0.1, -0.05) is 31.0 Å². The van der Waals surface area contributed by atoms with E-state index in [1.165, 1.54) is 0 Å². The first-order chi connectivity index (χ1) is 10.2. The molecule has 1 aromatic heterocycles. The number of aliphatic imine (C=N–C) groups is 1. The van der Waals surface area contributed by atoms with Gasteiger partial charge in [0.1, 0.15) is 11.6 Å². The molecule has 0 radical (unpaired) electrons. The summed E-state index contributed by atoms with van der Waals surface area (Å²) in [6.45, 7) is 2.88. The molecule has 0 saturated carbocycles. The van der Waals surface area contributed by atoms with Crippen LogP contribution in [-0.4, -0.2) is 31.1 Å². The molecular weight excluding hydrogens is 288 g/mol. The van der Waals surface area contributed by atoms with Gasteiger partial charge >= 0.3 is 0 Å². The van der Waals surface area contributed by atoms with Crippen molar-refractivity contribution in [2.24, 2.45) is 4.99 Å². The molecule has 0 atom stereocenters. The van der Waals surface area contributed by atoms with E-state index < -0.39 is 0 Å². The lowest BCUT2D eigenvalue weighted by Gasteiger charge is -2.11. The average Bonchev–Trinajstić information content (AvgIpc) is 3.02. The molecule has 5 heteroatoms. The Morgan fingerprint density at radius 2 is 2.33 bits per heavy atom. The van der Waals surface area contributed by atoms with Crippen LogP contribution in [0.2, 0.25) is 0 Å². The Morgan fingerprint density at radius 3 is 2.90 bits per heavy atom. The van der Waals surface area contributed by atoms with Crippen molar-refractivity contribution >= 4 is 23.0 Å². The minimum Gasteiger partial charge on any atom is -0.464 e. The van der Waals surface area contributed by atoms with E-state index in [2.05, 4.69) is 17.2 Å². The number of hydrogen-bond acceptors (Lipinski definition) is 3. The largest absolute Gasteiger partial charge is 0.464 e. The zero-order valence-corrected chi connectivity index (χ0v) is 13.4. The minimum atomic E-state index is 0.140. The van der Waals surface area contributed by atoms with Gasteiger partial charge in [-0.3, -0.25) is 4.99 Å². The fourth-order valence-electron chi connectivity index (χ4n) is 1.75. The Balaban J connectivity index is 2.99. The molecular formula is C16H23ClN2O2. The molecule has 0 saturated heterocycles. The molecule has 116 valence electrons. The Hall–Kier alpha value is -1.52. The molecule has 0 aliphatic carbocycles. The van der Waals surface area contributed by atoms with E-state index in [9.17, 15) is 0 Å². The highest BCUT2D eigenvalue weighted by Crippen LogP contribution is 2.20. The van der Waals surface area contributed by atoms with Crippen LogP contribution in [0.4, 0.5) is 0 Å². The van der Waals surface area contributed by atoms with Crippen molar-refractivity contribution in [3.8, 4) is 0 Å². The summed E-state index contributed by atoms with van der Waals surface area (Å²) < 4.78 is 5.47. The maximum atomic E-state index is 8.87. The number of unbranched alkanes of at least 4 members (excludes halogenated alkanes) is 1. The molecule has 0 aliphatic rings. The Morgan fingerprint density at radius 1 is 1.52 bits per heavy atom. The second-order valence-electron chi connectivity index (χ2n) is 4.49. The van der Waals surface area contributed by atoms with E-state index in [-0.39, 0.29) is 6.61 Å². The zero-order chi connectivity index (χ0) is 15.5. The van der Waals surface area contributed by atoms with Gasteiger partial charge in [0, 0.05) is 25.2 Å². The van der Waals surface area contributed by atoms with E-state index in [0.717, 1.165) is 18.4 Å². The van der Waals surface area contributed by atoms with Crippen molar-refractivity contribution < 1.29 is 9.52 Å². The van der Waals surface area contributed by atoms with Crippen LogP contribution in [0.5, 0.6) is 0 Å². The van der Waals surface area contributed by atoms with Gasteiger partial charge in [0.05, 0.1) is 11.8 Å². The summed E-state index contributed by atoms with van der Waals surface area (Å²) in [6.07, 6.45) is 8.08. The number of nitrogens with one attached hydrogen (secondary N) is 1. The minimum absolute atomic E-state index is 0.140. The quantitative estimate of drug-likeness (QED) is 0.334. The number of furan rings is 1. The number of allylic oxidation sites excluding steroid dienone is 3. The van der Waals surface area contributed by atoms with Crippen molar-refractivity contribution in [1.82, 2.24) is 5.32 Å². The van der Waals surface area contributed by atoms with Gasteiger partial charge in [0.2, 0.25) is 0 Å². The van der Waals surface area contributed by atoms with E-state index in [1.54, 1.807) is 13.3 Å². The lowest BCUT2D eigenvalue weighted by molar-refractivity contribution is 0.289. The summed E-state index contributed by atoms with van der Waals surface area (Å²) in [6, 6.07) is 3.70. The van der Waals surface area contributed by atoms with Crippen LogP contribution in [-0.2, 0) is 0 Å². The SMILES string of the molecule is CCC/C=C(Cl)/C=C(\C(=NC)NCCCO)c1ccco1. The second-order valence-corrected chi connectivity index (χ2v) is 4.93. The molecule has 0 aromatic carbocycles. The van der Waals surface area contributed by atoms with Crippen molar-refractivity contribution in [1.29, 1.82) is 0 Å². The second kappa shape index (κ2) is 10.2. The molecule has 0 aliphatic heterocycles. The molecule has 1 heterocycles. The van der Waals surface area contributed by atoms with Crippen LogP contribution in [0, 0.1) is 0 Å². The van der Waals surface area contributed by atoms with Crippen LogP contribution >= 0.6 is 11.6 Å². The van der Waals surface area contributed by atoms with E-state index >= 15 is 0 Å². The third-order valence-electron chi connectivity index (χ3n) is 2.80. The third kappa shape index (κ3) is 6.19. The summed E-state index contributed by atoms with van der Waals surface area (Å²) in [7, 11) is 1.71. The normalized spacial score (nSPS) is 13.6. The summed E-state index contributed by atoms with van der Waals surface area (Å²) in [5.74, 6) is 1.40. The number of halogens is 1. The summed E-state index contributed by atoms with van der Waals surface area (Å²) >= 11 is 6.25. The number of aliphatic hydroxyl groups is 1. The van der Waals surface area contributed by atoms with Gasteiger partial charge in [-0.25, -0.2) is 0 Å².